The molecule has 0 atom stereocenters. The van der Waals surface area contributed by atoms with Crippen LogP contribution in [0.4, 0.5) is 22.1 Å². The topological polar surface area (TPSA) is 161 Å². The molecule has 216 valence electrons. The Hall–Kier alpha value is -4.22. The number of nitriles is 1. The minimum Gasteiger partial charge on any atom is -0.468 e. The van der Waals surface area contributed by atoms with Crippen molar-refractivity contribution >= 4 is 53.3 Å². The lowest BCUT2D eigenvalue weighted by Crippen LogP contribution is -2.48. The zero-order chi connectivity index (χ0) is 29.4. The highest BCUT2D eigenvalue weighted by Crippen LogP contribution is 2.29. The van der Waals surface area contributed by atoms with Crippen molar-refractivity contribution < 1.29 is 23.9 Å². The largest absolute Gasteiger partial charge is 0.468 e. The van der Waals surface area contributed by atoms with E-state index in [2.05, 4.69) is 31.4 Å². The number of carbonyl (C=O) groups excluding carboxylic acids is 4. The van der Waals surface area contributed by atoms with Gasteiger partial charge < -0.3 is 15.0 Å². The van der Waals surface area contributed by atoms with Gasteiger partial charge in [-0.15, -0.1) is 11.8 Å². The molecule has 14 heteroatoms. The molecule has 2 aliphatic rings. The Balaban J connectivity index is 1.45. The van der Waals surface area contributed by atoms with E-state index in [9.17, 15) is 24.4 Å². The number of aromatic nitrogens is 2. The summed E-state index contributed by atoms with van der Waals surface area (Å²) in [5, 5.41) is 15.4. The number of rotatable bonds is 10. The van der Waals surface area contributed by atoms with Gasteiger partial charge in [0, 0.05) is 56.3 Å². The van der Waals surface area contributed by atoms with Gasteiger partial charge in [-0.3, -0.25) is 29.5 Å². The average molecular weight is 581 g/mol. The molecule has 1 fully saturated rings. The lowest BCUT2D eigenvalue weighted by molar-refractivity contribution is -0.137. The van der Waals surface area contributed by atoms with E-state index in [0.717, 1.165) is 12.1 Å². The van der Waals surface area contributed by atoms with Crippen LogP contribution in [0, 0.1) is 11.3 Å². The summed E-state index contributed by atoms with van der Waals surface area (Å²) in [6, 6.07) is 5.06. The zero-order valence-electron chi connectivity index (χ0n) is 23.0. The van der Waals surface area contributed by atoms with Crippen molar-refractivity contribution in [1.82, 2.24) is 19.8 Å². The molecule has 1 saturated heterocycles. The van der Waals surface area contributed by atoms with Gasteiger partial charge in [0.05, 0.1) is 30.7 Å². The molecule has 4 rings (SSSR count). The molecular formula is C27H32N8O5S. The third-order valence-corrected chi connectivity index (χ3v) is 7.70. The molecule has 0 unspecified atom stereocenters. The van der Waals surface area contributed by atoms with E-state index in [1.807, 2.05) is 18.0 Å². The van der Waals surface area contributed by atoms with Gasteiger partial charge in [-0.2, -0.15) is 5.26 Å². The van der Waals surface area contributed by atoms with E-state index >= 15 is 0 Å². The number of urea groups is 1. The second-order valence-corrected chi connectivity index (χ2v) is 10.8. The Morgan fingerprint density at radius 2 is 2.10 bits per heavy atom. The third kappa shape index (κ3) is 7.50. The summed E-state index contributed by atoms with van der Waals surface area (Å²) in [7, 11) is 3.23. The maximum Gasteiger partial charge on any atom is 0.328 e. The first kappa shape index (κ1) is 29.8. The van der Waals surface area contributed by atoms with Gasteiger partial charge >= 0.3 is 12.0 Å². The summed E-state index contributed by atoms with van der Waals surface area (Å²) >= 11 is 1.39. The van der Waals surface area contributed by atoms with Crippen LogP contribution in [-0.2, 0) is 27.3 Å². The van der Waals surface area contributed by atoms with E-state index in [4.69, 9.17) is 0 Å². The maximum atomic E-state index is 13.3. The molecule has 0 aromatic carbocycles. The van der Waals surface area contributed by atoms with Gasteiger partial charge in [0.1, 0.15) is 23.4 Å². The fraction of sp³-hybridized carbons (Fsp3) is 0.444. The van der Waals surface area contributed by atoms with Gasteiger partial charge in [-0.25, -0.2) is 14.8 Å². The highest BCUT2D eigenvalue weighted by molar-refractivity contribution is 7.99. The van der Waals surface area contributed by atoms with Crippen LogP contribution in [0.25, 0.3) is 0 Å². The van der Waals surface area contributed by atoms with Gasteiger partial charge in [0.25, 0.3) is 0 Å². The fourth-order valence-electron chi connectivity index (χ4n) is 4.59. The van der Waals surface area contributed by atoms with Gasteiger partial charge in [-0.05, 0) is 31.5 Å². The minimum atomic E-state index is -0.464. The smallest absolute Gasteiger partial charge is 0.328 e. The number of anilines is 3. The number of methoxy groups -OCH3 is 1. The Morgan fingerprint density at radius 3 is 2.83 bits per heavy atom. The lowest BCUT2D eigenvalue weighted by atomic mass is 10.0. The quantitative estimate of drug-likeness (QED) is 0.239. The molecule has 0 bridgehead atoms. The van der Waals surface area contributed by atoms with Crippen LogP contribution in [-0.4, -0.2) is 102 Å². The first-order chi connectivity index (χ1) is 19.8. The SMILES string of the molecule is COC(=O)CSCCNc1cc(NC(=O)N2CCCc3cc(CN4CCN(C)CC4=O)c(C=O)nc32)ncc1C#N. The summed E-state index contributed by atoms with van der Waals surface area (Å²) < 4.78 is 4.62. The molecule has 13 nitrogen and oxygen atoms in total. The molecule has 3 amide bonds. The van der Waals surface area contributed by atoms with Crippen molar-refractivity contribution in [3.8, 4) is 6.07 Å². The normalized spacial score (nSPS) is 15.1. The van der Waals surface area contributed by atoms with Crippen molar-refractivity contribution in [2.24, 2.45) is 0 Å². The van der Waals surface area contributed by atoms with Crippen LogP contribution < -0.4 is 15.5 Å². The number of ether oxygens (including phenoxy) is 1. The van der Waals surface area contributed by atoms with Gasteiger partial charge in [-0.1, -0.05) is 0 Å². The predicted molar refractivity (Wildman–Crippen MR) is 154 cm³/mol. The van der Waals surface area contributed by atoms with Gasteiger partial charge in [0.2, 0.25) is 5.91 Å². The second kappa shape index (κ2) is 13.9. The number of nitrogens with one attached hydrogen (secondary N) is 2. The Bertz CT molecular complexity index is 1360. The number of aldehydes is 1. The summed E-state index contributed by atoms with van der Waals surface area (Å²) in [5.74, 6) is 1.17. The lowest BCUT2D eigenvalue weighted by Gasteiger charge is -2.33. The van der Waals surface area contributed by atoms with Crippen LogP contribution in [0.5, 0.6) is 0 Å². The first-order valence-electron chi connectivity index (χ1n) is 13.1. The number of fused-ring (bicyclic) bond motifs is 1. The molecule has 4 heterocycles. The molecule has 41 heavy (non-hydrogen) atoms. The van der Waals surface area contributed by atoms with E-state index in [1.54, 1.807) is 11.0 Å². The number of aryl methyl sites for hydroxylation is 1. The fourth-order valence-corrected chi connectivity index (χ4v) is 5.27. The van der Waals surface area contributed by atoms with Crippen LogP contribution in [0.1, 0.15) is 33.6 Å². The molecule has 0 spiro atoms. The van der Waals surface area contributed by atoms with Crippen LogP contribution >= 0.6 is 11.8 Å². The third-order valence-electron chi connectivity index (χ3n) is 6.77. The summed E-state index contributed by atoms with van der Waals surface area (Å²) in [5.41, 5.74) is 2.50. The Morgan fingerprint density at radius 1 is 1.27 bits per heavy atom. The summed E-state index contributed by atoms with van der Waals surface area (Å²) in [4.78, 5) is 62.9. The molecule has 0 aliphatic carbocycles. The molecule has 0 saturated carbocycles. The number of piperazine rings is 1. The number of thioether (sulfide) groups is 1. The predicted octanol–water partition coefficient (Wildman–Crippen LogP) is 1.74. The summed E-state index contributed by atoms with van der Waals surface area (Å²) in [6.45, 7) is 2.83. The number of carbonyl (C=O) groups is 4. The van der Waals surface area contributed by atoms with Crippen molar-refractivity contribution in [2.45, 2.75) is 19.4 Å². The van der Waals surface area contributed by atoms with Crippen LogP contribution in [0.2, 0.25) is 0 Å². The molecule has 0 radical (unpaired) electrons. The van der Waals surface area contributed by atoms with Crippen LogP contribution in [0.3, 0.4) is 0 Å². The number of hydrogen-bond donors (Lipinski definition) is 2. The monoisotopic (exact) mass is 580 g/mol. The van der Waals surface area contributed by atoms with E-state index in [-0.39, 0.29) is 29.1 Å². The molecular weight excluding hydrogens is 548 g/mol. The van der Waals surface area contributed by atoms with E-state index in [0.29, 0.717) is 80.2 Å². The standard InChI is InChI=1S/C27H32N8O5S/c1-33-7-8-34(24(37)15-33)14-19-10-18-4-3-6-35(26(18)31-22(19)16-36)27(39)32-23-11-21(20(12-28)13-30-23)29-5-9-41-17-25(38)40-2/h10-11,13,16H,3-9,14-15,17H2,1-2H3,(H2,29,30,32,39). The summed E-state index contributed by atoms with van der Waals surface area (Å²) in [6.07, 6.45) is 3.42. The Labute approximate surface area is 242 Å². The van der Waals surface area contributed by atoms with Crippen molar-refractivity contribution in [2.75, 3.05) is 73.9 Å². The number of amides is 3. The van der Waals surface area contributed by atoms with Gasteiger partial charge in [0.15, 0.2) is 6.29 Å². The van der Waals surface area contributed by atoms with E-state index < -0.39 is 6.03 Å². The number of esters is 1. The average Bonchev–Trinajstić information content (AvgIpc) is 2.97. The van der Waals surface area contributed by atoms with Crippen molar-refractivity contribution in [3.05, 3.63) is 40.7 Å². The number of hydrogen-bond acceptors (Lipinski definition) is 11. The minimum absolute atomic E-state index is 0.00181. The number of nitrogens with zero attached hydrogens (tertiary/aromatic N) is 6. The molecule has 2 aliphatic heterocycles. The second-order valence-electron chi connectivity index (χ2n) is 9.65. The maximum absolute atomic E-state index is 13.3. The van der Waals surface area contributed by atoms with Crippen LogP contribution in [0.15, 0.2) is 18.3 Å². The zero-order valence-corrected chi connectivity index (χ0v) is 23.8. The highest BCUT2D eigenvalue weighted by atomic mass is 32.2. The Kier molecular flexibility index (Phi) is 10.1. The number of pyridine rings is 2. The van der Waals surface area contributed by atoms with Crippen molar-refractivity contribution in [3.63, 3.8) is 0 Å². The van der Waals surface area contributed by atoms with Crippen molar-refractivity contribution in [1.29, 1.82) is 5.26 Å². The van der Waals surface area contributed by atoms with E-state index in [1.165, 1.54) is 30.0 Å². The number of likely N-dealkylation sites (N-methyl/N-ethyl adjacent to an activating group) is 1. The molecule has 2 N–H and O–H groups in total. The molecule has 2 aromatic heterocycles. The first-order valence-corrected chi connectivity index (χ1v) is 14.3. The highest BCUT2D eigenvalue weighted by Gasteiger charge is 2.28. The molecule has 2 aromatic rings.